The van der Waals surface area contributed by atoms with Gasteiger partial charge in [0, 0.05) is 39.4 Å². The van der Waals surface area contributed by atoms with Crippen LogP contribution < -0.4 is 0 Å². The fourth-order valence-electron chi connectivity index (χ4n) is 15.9. The smallest absolute Gasteiger partial charge is 0.338 e. The first kappa shape index (κ1) is 95.3. The maximum atomic E-state index is 14.2. The molecule has 0 amide bonds. The number of azide groups is 2. The van der Waals surface area contributed by atoms with Crippen molar-refractivity contribution in [1.82, 2.24) is 60.0 Å². The first-order valence-electron chi connectivity index (χ1n) is 43.8. The van der Waals surface area contributed by atoms with Crippen LogP contribution in [0, 0.1) is 29.6 Å². The monoisotopic (exact) mass is 1850 g/mol. The number of hydrogen-bond acceptors (Lipinski definition) is 33. The predicted octanol–water partition coefficient (Wildman–Crippen LogP) is 11.5. The standard InChI is InChI=1S/C94H98N18O23/c1-57-58(2)91(126-74(46-98-104-96)77(57)129-84(113)62-27-13-6-14-28-62)121-54-71-50-112(108-101-71)52-76-81(133-88(117)66-35-21-10-22-36-66)80(132-87(116)65-33-19-9-20-34-65)61(5)92(128-76)122-53-69-47-109(105-99-69)41-43-120-44-42-110-48-70(100-106-110)55-124-94-83(135-90(119)68-39-25-12-26-40-68)79(131-86(115)64-31-17-8-18-32-64)60(4)75(127-94)51-111-49-72(102-107-111)56-123-93-82(134-89(118)67-37-23-11-24-38-67)78(59(3)73(125-93)45-97-103-95)130-85(114)63-29-15-7-16-30-63/h6-40,47-50,57-61,73-83,91-94H,41-46,51-56H2,1-5H3/t57-,58+,59-,60-,61+,73-,74-,75-,76-,77+,78+,79+,80-,81-,82+,83+,91+,92+,93+,94+/m1/s1. The molecule has 41 nitrogen and oxygen atoms in total. The average Bonchev–Trinajstić information content (AvgIpc) is 1.54. The molecule has 4 aliphatic rings. The van der Waals surface area contributed by atoms with Crippen LogP contribution in [0.4, 0.5) is 0 Å². The van der Waals surface area contributed by atoms with E-state index in [-0.39, 0.29) is 130 Å². The summed E-state index contributed by atoms with van der Waals surface area (Å²) in [5, 5.41) is 42.5. The molecule has 0 N–H and O–H groups in total. The highest BCUT2D eigenvalue weighted by Crippen LogP contribution is 2.40. The van der Waals surface area contributed by atoms with E-state index in [2.05, 4.69) is 61.3 Å². The number of hydrogen-bond donors (Lipinski definition) is 0. The van der Waals surface area contributed by atoms with Gasteiger partial charge in [-0.25, -0.2) is 52.3 Å². The fraction of sp³-hybridized carbons (Fsp3) is 0.394. The molecule has 8 heterocycles. The van der Waals surface area contributed by atoms with E-state index in [1.165, 1.54) is 9.36 Å². The Labute approximate surface area is 772 Å². The van der Waals surface area contributed by atoms with Crippen LogP contribution in [-0.4, -0.2) is 220 Å². The van der Waals surface area contributed by atoms with Crippen LogP contribution in [0.1, 0.15) is 130 Å². The Kier molecular flexibility index (Phi) is 32.7. The van der Waals surface area contributed by atoms with Gasteiger partial charge in [0.2, 0.25) is 0 Å². The molecule has 0 spiro atoms. The molecule has 702 valence electrons. The second-order valence-corrected chi connectivity index (χ2v) is 32.6. The molecular formula is C94H98N18O23. The summed E-state index contributed by atoms with van der Waals surface area (Å²) in [5.74, 6) is -7.79. The number of carbonyl (C=O) groups excluding carboxylic acids is 7. The summed E-state index contributed by atoms with van der Waals surface area (Å²) < 4.78 is 108. The van der Waals surface area contributed by atoms with Gasteiger partial charge < -0.3 is 75.8 Å². The van der Waals surface area contributed by atoms with Gasteiger partial charge in [-0.2, -0.15) is 0 Å². The zero-order chi connectivity index (χ0) is 94.1. The van der Waals surface area contributed by atoms with Crippen molar-refractivity contribution in [2.75, 3.05) is 26.3 Å². The lowest BCUT2D eigenvalue weighted by Gasteiger charge is -2.44. The third-order valence-corrected chi connectivity index (χ3v) is 23.4. The maximum absolute atomic E-state index is 14.2. The third-order valence-electron chi connectivity index (χ3n) is 23.4. The number of benzene rings is 7. The van der Waals surface area contributed by atoms with Crippen LogP contribution in [0.15, 0.2) is 247 Å². The summed E-state index contributed by atoms with van der Waals surface area (Å²) in [6, 6.07) is 58.2. The zero-order valence-corrected chi connectivity index (χ0v) is 74.0. The molecule has 41 heteroatoms. The molecule has 4 fully saturated rings. The Bertz CT molecular complexity index is 5850. The molecule has 4 aromatic heterocycles. The SMILES string of the molecule is C[C@@H]1[C@@H](OCc2cn(C[C@H]3O[C@H](OCc4cn(CCOCCn5cc(CO[C@H]6O[C@H](Cn7cc(CO[C@H]8O[C@H](CN=[N+]=[N-])[C@@H](C)[C@H](OC(=O)c9ccccc9)[C@@H]8OC(=O)c8ccccc8)nn7)[C@@H](C)[C@H](OC(=O)c7ccccc7)[C@@H]6OC(=O)c6ccccc6)nn5)nn4)[C@@H](C)[C@@H](OC(=O)c4ccccc4)[C@@H]3OC(=O)c3ccccc3)nn2)O[C@H](CN=[N+]=[N-])[C@@H](OC(=O)c2ccccc2)[C@@H]1C. The second-order valence-electron chi connectivity index (χ2n) is 32.6. The fourth-order valence-corrected chi connectivity index (χ4v) is 15.9. The van der Waals surface area contributed by atoms with E-state index in [9.17, 15) is 44.6 Å². The number of carbonyl (C=O) groups is 7. The Morgan fingerprint density at radius 3 is 0.933 bits per heavy atom. The summed E-state index contributed by atoms with van der Waals surface area (Å²) in [4.78, 5) is 103. The lowest BCUT2D eigenvalue weighted by Crippen LogP contribution is -2.58. The van der Waals surface area contributed by atoms with Crippen molar-refractivity contribution >= 4 is 41.8 Å². The van der Waals surface area contributed by atoms with Crippen molar-refractivity contribution in [2.45, 2.75) is 180 Å². The second kappa shape index (κ2) is 46.3. The van der Waals surface area contributed by atoms with Gasteiger partial charge in [-0.1, -0.05) is 193 Å². The summed E-state index contributed by atoms with van der Waals surface area (Å²) in [6.45, 7) is 8.55. The van der Waals surface area contributed by atoms with Gasteiger partial charge in [0.15, 0.2) is 43.5 Å². The zero-order valence-electron chi connectivity index (χ0n) is 74.0. The summed E-state index contributed by atoms with van der Waals surface area (Å²) in [7, 11) is 0. The first-order valence-corrected chi connectivity index (χ1v) is 43.8. The highest BCUT2D eigenvalue weighted by atomic mass is 16.7. The Morgan fingerprint density at radius 2 is 0.570 bits per heavy atom. The van der Waals surface area contributed by atoms with Crippen LogP contribution in [0.5, 0.6) is 0 Å². The molecule has 135 heavy (non-hydrogen) atoms. The summed E-state index contributed by atoms with van der Waals surface area (Å²) in [6.07, 6.45) is -10.4. The Hall–Kier alpha value is -14.4. The molecule has 0 unspecified atom stereocenters. The molecule has 4 saturated heterocycles. The van der Waals surface area contributed by atoms with Crippen molar-refractivity contribution in [2.24, 2.45) is 39.8 Å². The topological polar surface area (TPSA) is 488 Å². The minimum atomic E-state index is -1.43. The maximum Gasteiger partial charge on any atom is 0.338 e. The molecule has 11 aromatic rings. The van der Waals surface area contributed by atoms with Crippen LogP contribution in [-0.2, 0) is 128 Å². The van der Waals surface area contributed by atoms with E-state index in [1.807, 2.05) is 13.8 Å². The van der Waals surface area contributed by atoms with Crippen LogP contribution in [0.25, 0.3) is 20.9 Å². The quantitative estimate of drug-likeness (QED) is 0.00859. The highest BCUT2D eigenvalue weighted by Gasteiger charge is 2.54. The molecule has 0 saturated carbocycles. The van der Waals surface area contributed by atoms with Gasteiger partial charge in [0.05, 0.1) is 155 Å². The van der Waals surface area contributed by atoms with Crippen LogP contribution in [0.2, 0.25) is 0 Å². The largest absolute Gasteiger partial charge is 0.456 e. The minimum absolute atomic E-state index is 0.0521. The molecule has 0 radical (unpaired) electrons. The highest BCUT2D eigenvalue weighted by molar-refractivity contribution is 5.93. The predicted molar refractivity (Wildman–Crippen MR) is 468 cm³/mol. The molecule has 15 rings (SSSR count). The summed E-state index contributed by atoms with van der Waals surface area (Å²) in [5.41, 5.74) is 21.7. The lowest BCUT2D eigenvalue weighted by atomic mass is 9.84. The minimum Gasteiger partial charge on any atom is -0.456 e. The van der Waals surface area contributed by atoms with Crippen molar-refractivity contribution in [3.63, 3.8) is 0 Å². The van der Waals surface area contributed by atoms with E-state index in [1.54, 1.807) is 267 Å². The number of nitrogens with zero attached hydrogens (tertiary/aromatic N) is 18. The lowest BCUT2D eigenvalue weighted by molar-refractivity contribution is -0.288. The molecular weight excluding hydrogens is 1750 g/mol. The number of esters is 7. The third kappa shape index (κ3) is 24.9. The number of ether oxygens (including phenoxy) is 16. The number of rotatable bonds is 40. The molecule has 7 aromatic carbocycles. The van der Waals surface area contributed by atoms with Gasteiger partial charge in [0.25, 0.3) is 0 Å². The number of aromatic nitrogens is 12. The van der Waals surface area contributed by atoms with E-state index in [0.29, 0.717) is 22.6 Å². The van der Waals surface area contributed by atoms with E-state index in [0.717, 1.165) is 0 Å². The van der Waals surface area contributed by atoms with Crippen molar-refractivity contribution in [3.8, 4) is 0 Å². The van der Waals surface area contributed by atoms with Gasteiger partial charge >= 0.3 is 41.8 Å². The van der Waals surface area contributed by atoms with Crippen molar-refractivity contribution in [1.29, 1.82) is 0 Å². The van der Waals surface area contributed by atoms with Gasteiger partial charge in [-0.05, 0) is 96.0 Å². The normalized spacial score (nSPS) is 24.8. The molecule has 20 atom stereocenters. The van der Waals surface area contributed by atoms with Gasteiger partial charge in [-0.15, -0.1) is 20.4 Å². The molecule has 4 aliphatic heterocycles. The van der Waals surface area contributed by atoms with Crippen molar-refractivity contribution in [3.05, 3.63) is 320 Å². The van der Waals surface area contributed by atoms with Crippen molar-refractivity contribution < 1.29 is 109 Å². The van der Waals surface area contributed by atoms with E-state index >= 15 is 0 Å². The first-order chi connectivity index (χ1) is 65.8. The van der Waals surface area contributed by atoms with E-state index < -0.39 is 152 Å². The Morgan fingerprint density at radius 1 is 0.304 bits per heavy atom. The van der Waals surface area contributed by atoms with Crippen LogP contribution >= 0.6 is 0 Å². The molecule has 0 aliphatic carbocycles. The van der Waals surface area contributed by atoms with Gasteiger partial charge in [0.1, 0.15) is 59.4 Å². The van der Waals surface area contributed by atoms with E-state index in [4.69, 9.17) is 75.8 Å². The van der Waals surface area contributed by atoms with Gasteiger partial charge in [-0.3, -0.25) is 0 Å². The Balaban J connectivity index is 0.586. The molecule has 0 bridgehead atoms. The average molecular weight is 1850 g/mol. The van der Waals surface area contributed by atoms with Crippen LogP contribution in [0.3, 0.4) is 0 Å². The summed E-state index contributed by atoms with van der Waals surface area (Å²) >= 11 is 0.